The van der Waals surface area contributed by atoms with Crippen molar-refractivity contribution in [2.75, 3.05) is 17.1 Å². The minimum atomic E-state index is -3.90. The van der Waals surface area contributed by atoms with Gasteiger partial charge in [-0.3, -0.25) is 9.52 Å². The Morgan fingerprint density at radius 1 is 1.16 bits per heavy atom. The van der Waals surface area contributed by atoms with Gasteiger partial charge in [0.05, 0.1) is 23.3 Å². The number of rotatable bonds is 4. The van der Waals surface area contributed by atoms with Crippen LogP contribution < -0.4 is 10.0 Å². The molecule has 8 heteroatoms. The first-order valence-electron chi connectivity index (χ1n) is 7.53. The Hall–Kier alpha value is -2.87. The van der Waals surface area contributed by atoms with Crippen molar-refractivity contribution >= 4 is 33.3 Å². The molecular formula is C17H16N2O5S. The quantitative estimate of drug-likeness (QED) is 0.814. The van der Waals surface area contributed by atoms with E-state index in [9.17, 15) is 18.0 Å². The molecule has 130 valence electrons. The second-order valence-corrected chi connectivity index (χ2v) is 7.19. The summed E-state index contributed by atoms with van der Waals surface area (Å²) in [6, 6.07) is 10.7. The van der Waals surface area contributed by atoms with Crippen LogP contribution in [0.15, 0.2) is 47.4 Å². The van der Waals surface area contributed by atoms with Crippen LogP contribution in [0.1, 0.15) is 22.3 Å². The lowest BCUT2D eigenvalue weighted by Crippen LogP contribution is -2.20. The van der Waals surface area contributed by atoms with Gasteiger partial charge < -0.3 is 10.1 Å². The van der Waals surface area contributed by atoms with Crippen LogP contribution in [-0.4, -0.2) is 27.4 Å². The maximum atomic E-state index is 12.7. The fourth-order valence-corrected chi connectivity index (χ4v) is 3.72. The van der Waals surface area contributed by atoms with Crippen molar-refractivity contribution in [1.82, 2.24) is 0 Å². The normalized spacial score (nSPS) is 13.6. The molecule has 25 heavy (non-hydrogen) atoms. The van der Waals surface area contributed by atoms with Gasteiger partial charge in [0, 0.05) is 12.1 Å². The number of aryl methyl sites for hydroxylation is 1. The summed E-state index contributed by atoms with van der Waals surface area (Å²) in [6.45, 7) is 0. The second-order valence-electron chi connectivity index (χ2n) is 5.51. The summed E-state index contributed by atoms with van der Waals surface area (Å²) in [6.07, 6.45) is 0.790. The van der Waals surface area contributed by atoms with Crippen LogP contribution in [0.2, 0.25) is 0 Å². The highest BCUT2D eigenvalue weighted by molar-refractivity contribution is 7.92. The van der Waals surface area contributed by atoms with Crippen LogP contribution >= 0.6 is 0 Å². The zero-order valence-corrected chi connectivity index (χ0v) is 14.2. The molecule has 2 aromatic carbocycles. The molecule has 2 aromatic rings. The lowest BCUT2D eigenvalue weighted by molar-refractivity contribution is -0.116. The third-order valence-electron chi connectivity index (χ3n) is 3.86. The molecule has 0 aromatic heterocycles. The minimum Gasteiger partial charge on any atom is -0.465 e. The molecular weight excluding hydrogens is 344 g/mol. The van der Waals surface area contributed by atoms with Gasteiger partial charge in [0.25, 0.3) is 10.0 Å². The van der Waals surface area contributed by atoms with Crippen molar-refractivity contribution in [3.05, 3.63) is 53.6 Å². The molecule has 0 atom stereocenters. The van der Waals surface area contributed by atoms with Gasteiger partial charge in [-0.2, -0.15) is 0 Å². The van der Waals surface area contributed by atoms with Gasteiger partial charge in [-0.1, -0.05) is 12.1 Å². The smallest absolute Gasteiger partial charge is 0.339 e. The first-order valence-corrected chi connectivity index (χ1v) is 9.02. The number of amides is 1. The standard InChI is InChI=1S/C17H16N2O5S/c1-24-17(21)13-4-2-3-5-15(13)19-25(22,23)12-7-8-14-11(10-12)6-9-16(20)18-14/h2-5,7-8,10,19H,6,9H2,1H3,(H,18,20). The number of hydrogen-bond acceptors (Lipinski definition) is 5. The van der Waals surface area contributed by atoms with Crippen LogP contribution in [0.5, 0.6) is 0 Å². The third kappa shape index (κ3) is 3.48. The van der Waals surface area contributed by atoms with Crippen molar-refractivity contribution in [2.45, 2.75) is 17.7 Å². The monoisotopic (exact) mass is 360 g/mol. The average Bonchev–Trinajstić information content (AvgIpc) is 2.60. The second kappa shape index (κ2) is 6.56. The zero-order valence-electron chi connectivity index (χ0n) is 13.4. The van der Waals surface area contributed by atoms with Crippen LogP contribution in [0.4, 0.5) is 11.4 Å². The van der Waals surface area contributed by atoms with E-state index >= 15 is 0 Å². The van der Waals surface area contributed by atoms with Gasteiger partial charge in [0.2, 0.25) is 5.91 Å². The summed E-state index contributed by atoms with van der Waals surface area (Å²) < 4.78 is 32.4. The number of ether oxygens (including phenoxy) is 1. The van der Waals surface area contributed by atoms with Gasteiger partial charge in [-0.15, -0.1) is 0 Å². The van der Waals surface area contributed by atoms with Gasteiger partial charge in [0.1, 0.15) is 0 Å². The Labute approximate surface area is 145 Å². The first-order chi connectivity index (χ1) is 11.9. The molecule has 0 spiro atoms. The number of fused-ring (bicyclic) bond motifs is 1. The van der Waals surface area contributed by atoms with E-state index in [1.54, 1.807) is 18.2 Å². The maximum absolute atomic E-state index is 12.7. The number of carbonyl (C=O) groups is 2. The highest BCUT2D eigenvalue weighted by atomic mass is 32.2. The highest BCUT2D eigenvalue weighted by Gasteiger charge is 2.22. The number of para-hydroxylation sites is 1. The van der Waals surface area contributed by atoms with Crippen LogP contribution in [0.3, 0.4) is 0 Å². The van der Waals surface area contributed by atoms with E-state index < -0.39 is 16.0 Å². The van der Waals surface area contributed by atoms with Crippen molar-refractivity contribution < 1.29 is 22.7 Å². The molecule has 0 saturated carbocycles. The fourth-order valence-electron chi connectivity index (χ4n) is 2.59. The Kier molecular flexibility index (Phi) is 4.45. The summed E-state index contributed by atoms with van der Waals surface area (Å²) in [7, 11) is -2.67. The molecule has 0 fully saturated rings. The van der Waals surface area contributed by atoms with Gasteiger partial charge in [-0.25, -0.2) is 13.2 Å². The van der Waals surface area contributed by atoms with Gasteiger partial charge >= 0.3 is 5.97 Å². The number of anilines is 2. The van der Waals surface area contributed by atoms with Crippen molar-refractivity contribution in [3.8, 4) is 0 Å². The molecule has 1 heterocycles. The lowest BCUT2D eigenvalue weighted by Gasteiger charge is -2.18. The molecule has 0 radical (unpaired) electrons. The fraction of sp³-hybridized carbons (Fsp3) is 0.176. The molecule has 7 nitrogen and oxygen atoms in total. The predicted molar refractivity (Wildman–Crippen MR) is 92.0 cm³/mol. The number of hydrogen-bond donors (Lipinski definition) is 2. The lowest BCUT2D eigenvalue weighted by atomic mass is 10.0. The van der Waals surface area contributed by atoms with Crippen molar-refractivity contribution in [2.24, 2.45) is 0 Å². The van der Waals surface area contributed by atoms with Crippen LogP contribution in [-0.2, 0) is 26.0 Å². The number of esters is 1. The summed E-state index contributed by atoms with van der Waals surface area (Å²) in [4.78, 5) is 23.2. The van der Waals surface area contributed by atoms with E-state index in [0.717, 1.165) is 5.56 Å². The number of methoxy groups -OCH3 is 1. The average molecular weight is 360 g/mol. The predicted octanol–water partition coefficient (Wildman–Crippen LogP) is 2.16. The van der Waals surface area contributed by atoms with E-state index in [-0.39, 0.29) is 22.1 Å². The summed E-state index contributed by atoms with van der Waals surface area (Å²) in [5.41, 5.74) is 1.63. The third-order valence-corrected chi connectivity index (χ3v) is 5.22. The molecule has 2 N–H and O–H groups in total. The number of benzene rings is 2. The van der Waals surface area contributed by atoms with Crippen LogP contribution in [0, 0.1) is 0 Å². The zero-order chi connectivity index (χ0) is 18.0. The molecule has 0 bridgehead atoms. The molecule has 3 rings (SSSR count). The van der Waals surface area contributed by atoms with Crippen molar-refractivity contribution in [3.63, 3.8) is 0 Å². The summed E-state index contributed by atoms with van der Waals surface area (Å²) >= 11 is 0. The molecule has 1 aliphatic rings. The number of carbonyl (C=O) groups excluding carboxylic acids is 2. The Morgan fingerprint density at radius 3 is 2.68 bits per heavy atom. The molecule has 1 aliphatic heterocycles. The molecule has 0 aliphatic carbocycles. The summed E-state index contributed by atoms with van der Waals surface area (Å²) in [5, 5.41) is 2.70. The van der Waals surface area contributed by atoms with E-state index in [1.807, 2.05) is 0 Å². The molecule has 0 unspecified atom stereocenters. The minimum absolute atomic E-state index is 0.0575. The van der Waals surface area contributed by atoms with E-state index in [4.69, 9.17) is 0 Å². The van der Waals surface area contributed by atoms with Crippen molar-refractivity contribution in [1.29, 1.82) is 0 Å². The Bertz CT molecular complexity index is 953. The maximum Gasteiger partial charge on any atom is 0.339 e. The Balaban J connectivity index is 1.93. The first kappa shape index (κ1) is 17.0. The number of sulfonamides is 1. The topological polar surface area (TPSA) is 102 Å². The van der Waals surface area contributed by atoms with Crippen LogP contribution in [0.25, 0.3) is 0 Å². The SMILES string of the molecule is COC(=O)c1ccccc1NS(=O)(=O)c1ccc2c(c1)CCC(=O)N2. The van der Waals surface area contributed by atoms with Gasteiger partial charge in [-0.05, 0) is 42.3 Å². The van der Waals surface area contributed by atoms with Gasteiger partial charge in [0.15, 0.2) is 0 Å². The van der Waals surface area contributed by atoms with E-state index in [1.165, 1.54) is 31.4 Å². The van der Waals surface area contributed by atoms with E-state index in [0.29, 0.717) is 18.5 Å². The summed E-state index contributed by atoms with van der Waals surface area (Å²) in [5.74, 6) is -0.723. The molecule has 1 amide bonds. The Morgan fingerprint density at radius 2 is 1.92 bits per heavy atom. The largest absolute Gasteiger partial charge is 0.465 e. The number of nitrogens with one attached hydrogen (secondary N) is 2. The molecule has 0 saturated heterocycles. The van der Waals surface area contributed by atoms with E-state index in [2.05, 4.69) is 14.8 Å². The highest BCUT2D eigenvalue weighted by Crippen LogP contribution is 2.27.